The molecule has 3 heterocycles. The van der Waals surface area contributed by atoms with Crippen molar-refractivity contribution in [2.45, 2.75) is 44.9 Å². The molecular formula is C23H26F3N5O2. The largest absolute Gasteiger partial charge is 0.426 e. The summed E-state index contributed by atoms with van der Waals surface area (Å²) in [5, 5.41) is 0.314. The number of H-pyrrole nitrogens is 1. The molecule has 3 aromatic rings. The number of nitrogens with zero attached hydrogens (tertiary/aromatic N) is 4. The molecule has 0 saturated carbocycles. The number of hydrogen-bond acceptors (Lipinski definition) is 6. The Kier molecular flexibility index (Phi) is 6.29. The van der Waals surface area contributed by atoms with E-state index in [1.807, 2.05) is 0 Å². The maximum atomic E-state index is 14.0. The molecule has 0 amide bonds. The lowest BCUT2D eigenvalue weighted by Crippen LogP contribution is -2.46. The first-order chi connectivity index (χ1) is 15.6. The fraction of sp³-hybridized carbons (Fsp3) is 0.435. The van der Waals surface area contributed by atoms with Crippen molar-refractivity contribution in [1.82, 2.24) is 19.9 Å². The van der Waals surface area contributed by atoms with Crippen LogP contribution < -0.4 is 15.2 Å². The molecule has 1 aliphatic heterocycles. The summed E-state index contributed by atoms with van der Waals surface area (Å²) in [6, 6.07) is 5.55. The number of aromatic amines is 1. The minimum absolute atomic E-state index is 0.0128. The SMILES string of the molecule is CC(C)N1CCC(N(C)c2ccc(Oc3nc4cnccc4c(=O)[nH]3)cc2C(F)(F)F)CC1. The lowest BCUT2D eigenvalue weighted by atomic mass is 10.0. The van der Waals surface area contributed by atoms with Gasteiger partial charge in [-0.3, -0.25) is 14.8 Å². The first kappa shape index (κ1) is 23.0. The third kappa shape index (κ3) is 4.95. The average Bonchev–Trinajstić information content (AvgIpc) is 2.78. The summed E-state index contributed by atoms with van der Waals surface area (Å²) in [5.41, 5.74) is -0.866. The number of halogens is 3. The first-order valence-electron chi connectivity index (χ1n) is 10.8. The van der Waals surface area contributed by atoms with Crippen LogP contribution >= 0.6 is 0 Å². The smallest absolute Gasteiger partial charge is 0.418 e. The zero-order chi connectivity index (χ0) is 23.8. The van der Waals surface area contributed by atoms with Crippen LogP contribution in [0.2, 0.25) is 0 Å². The van der Waals surface area contributed by atoms with E-state index in [0.29, 0.717) is 11.4 Å². The van der Waals surface area contributed by atoms with Crippen molar-refractivity contribution in [1.29, 1.82) is 0 Å². The Morgan fingerprint density at radius 3 is 2.61 bits per heavy atom. The molecule has 0 radical (unpaired) electrons. The van der Waals surface area contributed by atoms with Gasteiger partial charge in [-0.2, -0.15) is 18.2 Å². The summed E-state index contributed by atoms with van der Waals surface area (Å²) >= 11 is 0. The highest BCUT2D eigenvalue weighted by molar-refractivity contribution is 5.76. The lowest BCUT2D eigenvalue weighted by Gasteiger charge is -2.40. The summed E-state index contributed by atoms with van der Waals surface area (Å²) in [5.74, 6) is -0.0690. The number of hydrogen-bond donors (Lipinski definition) is 1. The number of aromatic nitrogens is 3. The van der Waals surface area contributed by atoms with Gasteiger partial charge in [0.05, 0.1) is 22.7 Å². The lowest BCUT2D eigenvalue weighted by molar-refractivity contribution is -0.137. The number of piperidine rings is 1. The van der Waals surface area contributed by atoms with E-state index < -0.39 is 17.3 Å². The Hall–Kier alpha value is -3.14. The standard InChI is InChI=1S/C23H26F3N5O2/c1-14(2)31-10-7-15(8-11-31)30(3)20-5-4-16(12-18(20)23(24,25)26)33-22-28-19-13-27-9-6-17(19)21(32)29-22/h4-6,9,12-15H,7-8,10-11H2,1-3H3,(H,28,29,32). The Bertz CT molecular complexity index is 1190. The molecule has 1 aromatic carbocycles. The van der Waals surface area contributed by atoms with Gasteiger partial charge in [-0.05, 0) is 51.0 Å². The van der Waals surface area contributed by atoms with Crippen molar-refractivity contribution in [2.24, 2.45) is 0 Å². The van der Waals surface area contributed by atoms with Crippen LogP contribution in [0, 0.1) is 0 Å². The molecule has 1 saturated heterocycles. The zero-order valence-corrected chi connectivity index (χ0v) is 18.7. The van der Waals surface area contributed by atoms with Crippen LogP contribution in [0.3, 0.4) is 0 Å². The number of alkyl halides is 3. The van der Waals surface area contributed by atoms with Gasteiger partial charge < -0.3 is 14.5 Å². The summed E-state index contributed by atoms with van der Waals surface area (Å²) < 4.78 is 47.4. The Morgan fingerprint density at radius 1 is 1.21 bits per heavy atom. The van der Waals surface area contributed by atoms with Crippen LogP contribution in [0.15, 0.2) is 41.5 Å². The average molecular weight is 461 g/mol. The topological polar surface area (TPSA) is 74.3 Å². The van der Waals surface area contributed by atoms with Crippen molar-refractivity contribution in [3.8, 4) is 11.8 Å². The molecule has 0 atom stereocenters. The molecule has 33 heavy (non-hydrogen) atoms. The second-order valence-corrected chi connectivity index (χ2v) is 8.51. The number of fused-ring (bicyclic) bond motifs is 1. The highest BCUT2D eigenvalue weighted by atomic mass is 19.4. The summed E-state index contributed by atoms with van der Waals surface area (Å²) in [6.45, 7) is 5.95. The Balaban J connectivity index is 1.60. The van der Waals surface area contributed by atoms with Crippen molar-refractivity contribution in [3.05, 3.63) is 52.6 Å². The van der Waals surface area contributed by atoms with Gasteiger partial charge in [0.2, 0.25) is 0 Å². The monoisotopic (exact) mass is 461 g/mol. The van der Waals surface area contributed by atoms with Crippen molar-refractivity contribution in [3.63, 3.8) is 0 Å². The third-order valence-corrected chi connectivity index (χ3v) is 6.13. The predicted molar refractivity (Wildman–Crippen MR) is 120 cm³/mol. The number of anilines is 1. The molecule has 176 valence electrons. The highest BCUT2D eigenvalue weighted by Gasteiger charge is 2.36. The number of nitrogens with one attached hydrogen (secondary N) is 1. The van der Waals surface area contributed by atoms with Gasteiger partial charge in [-0.1, -0.05) is 0 Å². The molecule has 0 aliphatic carbocycles. The molecule has 0 spiro atoms. The molecule has 1 aliphatic rings. The van der Waals surface area contributed by atoms with Crippen LogP contribution in [0.5, 0.6) is 11.8 Å². The second-order valence-electron chi connectivity index (χ2n) is 8.51. The molecule has 1 N–H and O–H groups in total. The summed E-state index contributed by atoms with van der Waals surface area (Å²) in [7, 11) is 1.70. The molecule has 0 unspecified atom stereocenters. The number of pyridine rings is 1. The molecule has 10 heteroatoms. The van der Waals surface area contributed by atoms with Gasteiger partial charge in [-0.25, -0.2) is 0 Å². The molecule has 2 aromatic heterocycles. The van der Waals surface area contributed by atoms with Crippen molar-refractivity contribution >= 4 is 16.6 Å². The molecule has 4 rings (SSSR count). The predicted octanol–water partition coefficient (Wildman–Crippen LogP) is 4.44. The van der Waals surface area contributed by atoms with E-state index in [4.69, 9.17) is 4.74 Å². The number of rotatable bonds is 5. The van der Waals surface area contributed by atoms with Crippen LogP contribution in [-0.2, 0) is 6.18 Å². The summed E-state index contributed by atoms with van der Waals surface area (Å²) in [4.78, 5) is 26.7. The quantitative estimate of drug-likeness (QED) is 0.606. The zero-order valence-electron chi connectivity index (χ0n) is 18.7. The van der Waals surface area contributed by atoms with E-state index in [0.717, 1.165) is 32.0 Å². The van der Waals surface area contributed by atoms with E-state index in [2.05, 4.69) is 33.7 Å². The van der Waals surface area contributed by atoms with E-state index in [9.17, 15) is 18.0 Å². The number of ether oxygens (including phenoxy) is 1. The van der Waals surface area contributed by atoms with E-state index in [-0.39, 0.29) is 29.0 Å². The van der Waals surface area contributed by atoms with E-state index >= 15 is 0 Å². The van der Waals surface area contributed by atoms with Crippen LogP contribution in [0.4, 0.5) is 18.9 Å². The van der Waals surface area contributed by atoms with E-state index in [1.165, 1.54) is 30.6 Å². The number of likely N-dealkylation sites (tertiary alicyclic amines) is 1. The normalized spacial score (nSPS) is 15.8. The van der Waals surface area contributed by atoms with Gasteiger partial charge in [0.1, 0.15) is 5.75 Å². The van der Waals surface area contributed by atoms with Crippen molar-refractivity contribution in [2.75, 3.05) is 25.0 Å². The Morgan fingerprint density at radius 2 is 1.94 bits per heavy atom. The van der Waals surface area contributed by atoms with Gasteiger partial charge in [0.15, 0.2) is 0 Å². The van der Waals surface area contributed by atoms with Crippen LogP contribution in [0.25, 0.3) is 10.9 Å². The minimum atomic E-state index is -4.57. The van der Waals surface area contributed by atoms with Gasteiger partial charge >= 0.3 is 12.2 Å². The first-order valence-corrected chi connectivity index (χ1v) is 10.8. The molecule has 1 fully saturated rings. The molecule has 7 nitrogen and oxygen atoms in total. The van der Waals surface area contributed by atoms with Crippen LogP contribution in [-0.4, -0.2) is 52.1 Å². The third-order valence-electron chi connectivity index (χ3n) is 6.13. The maximum Gasteiger partial charge on any atom is 0.418 e. The van der Waals surface area contributed by atoms with Gasteiger partial charge in [-0.15, -0.1) is 0 Å². The fourth-order valence-corrected chi connectivity index (χ4v) is 4.23. The summed E-state index contributed by atoms with van der Waals surface area (Å²) in [6.07, 6.45) is -0.144. The highest BCUT2D eigenvalue weighted by Crippen LogP contribution is 2.40. The van der Waals surface area contributed by atoms with Gasteiger partial charge in [0, 0.05) is 44.1 Å². The fourth-order valence-electron chi connectivity index (χ4n) is 4.23. The van der Waals surface area contributed by atoms with E-state index in [1.54, 1.807) is 11.9 Å². The van der Waals surface area contributed by atoms with Crippen LogP contribution in [0.1, 0.15) is 32.3 Å². The minimum Gasteiger partial charge on any atom is -0.426 e. The molecular weight excluding hydrogens is 435 g/mol. The Labute approximate surface area is 189 Å². The second kappa shape index (κ2) is 9.01. The van der Waals surface area contributed by atoms with Crippen molar-refractivity contribution < 1.29 is 17.9 Å². The molecule has 0 bridgehead atoms. The number of benzene rings is 1. The maximum absolute atomic E-state index is 14.0. The van der Waals surface area contributed by atoms with Gasteiger partial charge in [0.25, 0.3) is 5.56 Å².